The summed E-state index contributed by atoms with van der Waals surface area (Å²) < 4.78 is 50.4. The molecule has 0 bridgehead atoms. The van der Waals surface area contributed by atoms with E-state index in [4.69, 9.17) is 9.47 Å². The van der Waals surface area contributed by atoms with Gasteiger partial charge in [-0.2, -0.15) is 0 Å². The van der Waals surface area contributed by atoms with Gasteiger partial charge >= 0.3 is 6.36 Å². The van der Waals surface area contributed by atoms with Gasteiger partial charge < -0.3 is 19.5 Å². The molecule has 0 atom stereocenters. The van der Waals surface area contributed by atoms with Crippen LogP contribution in [0.15, 0.2) is 22.7 Å². The first-order chi connectivity index (χ1) is 9.35. The summed E-state index contributed by atoms with van der Waals surface area (Å²) in [5.74, 6) is -0.270. The fraction of sp³-hybridized carbons (Fsp3) is 0.500. The molecular weight excluding hydrogens is 343 g/mol. The molecule has 0 amide bonds. The second-order valence-electron chi connectivity index (χ2n) is 3.84. The van der Waals surface area contributed by atoms with E-state index < -0.39 is 6.36 Å². The highest BCUT2D eigenvalue weighted by molar-refractivity contribution is 9.10. The van der Waals surface area contributed by atoms with Gasteiger partial charge in [-0.05, 0) is 33.6 Å². The SMILES string of the molecule is COC(CNCc1ccc(OC(F)(F)F)c(Br)c1)OC. The van der Waals surface area contributed by atoms with Gasteiger partial charge in [0.25, 0.3) is 0 Å². The number of alkyl halides is 3. The molecular formula is C12H15BrF3NO3. The topological polar surface area (TPSA) is 39.7 Å². The molecule has 114 valence electrons. The van der Waals surface area contributed by atoms with Crippen LogP contribution >= 0.6 is 15.9 Å². The second-order valence-corrected chi connectivity index (χ2v) is 4.70. The lowest BCUT2D eigenvalue weighted by molar-refractivity contribution is -0.274. The van der Waals surface area contributed by atoms with E-state index in [9.17, 15) is 13.2 Å². The maximum atomic E-state index is 12.1. The number of nitrogens with one attached hydrogen (secondary N) is 1. The molecule has 0 radical (unpaired) electrons. The molecule has 0 aromatic heterocycles. The second kappa shape index (κ2) is 7.82. The van der Waals surface area contributed by atoms with Crippen molar-refractivity contribution >= 4 is 15.9 Å². The van der Waals surface area contributed by atoms with Gasteiger partial charge in [-0.3, -0.25) is 0 Å². The zero-order valence-electron chi connectivity index (χ0n) is 11.0. The third kappa shape index (κ3) is 6.08. The Morgan fingerprint density at radius 2 is 1.90 bits per heavy atom. The Hall–Kier alpha value is -0.830. The zero-order valence-corrected chi connectivity index (χ0v) is 12.5. The van der Waals surface area contributed by atoms with Gasteiger partial charge in [0.2, 0.25) is 0 Å². The largest absolute Gasteiger partial charge is 0.573 e. The Labute approximate surface area is 123 Å². The lowest BCUT2D eigenvalue weighted by Crippen LogP contribution is -2.29. The molecule has 4 nitrogen and oxygen atoms in total. The van der Waals surface area contributed by atoms with Crippen LogP contribution in [0, 0.1) is 0 Å². The van der Waals surface area contributed by atoms with Crippen LogP contribution in [-0.4, -0.2) is 33.4 Å². The van der Waals surface area contributed by atoms with Gasteiger partial charge in [0, 0.05) is 27.3 Å². The van der Waals surface area contributed by atoms with Crippen LogP contribution in [0.2, 0.25) is 0 Å². The summed E-state index contributed by atoms with van der Waals surface area (Å²) in [6.45, 7) is 0.930. The van der Waals surface area contributed by atoms with Crippen LogP contribution in [0.1, 0.15) is 5.56 Å². The predicted molar refractivity (Wildman–Crippen MR) is 70.3 cm³/mol. The molecule has 0 aliphatic carbocycles. The van der Waals surface area contributed by atoms with E-state index in [1.54, 1.807) is 12.1 Å². The molecule has 20 heavy (non-hydrogen) atoms. The molecule has 1 rings (SSSR count). The highest BCUT2D eigenvalue weighted by Crippen LogP contribution is 2.30. The van der Waals surface area contributed by atoms with Crippen LogP contribution in [0.25, 0.3) is 0 Å². The van der Waals surface area contributed by atoms with Crippen molar-refractivity contribution in [3.8, 4) is 5.75 Å². The Morgan fingerprint density at radius 1 is 1.25 bits per heavy atom. The van der Waals surface area contributed by atoms with Crippen LogP contribution in [0.5, 0.6) is 5.75 Å². The number of methoxy groups -OCH3 is 2. The summed E-state index contributed by atoms with van der Waals surface area (Å²) in [5.41, 5.74) is 0.803. The van der Waals surface area contributed by atoms with Crippen molar-refractivity contribution in [2.24, 2.45) is 0 Å². The number of benzene rings is 1. The quantitative estimate of drug-likeness (QED) is 0.761. The Bertz CT molecular complexity index is 425. The molecule has 0 aliphatic rings. The van der Waals surface area contributed by atoms with E-state index in [2.05, 4.69) is 26.0 Å². The normalized spacial score (nSPS) is 11.9. The van der Waals surface area contributed by atoms with Gasteiger partial charge in [0.1, 0.15) is 5.75 Å². The lowest BCUT2D eigenvalue weighted by atomic mass is 10.2. The molecule has 0 heterocycles. The van der Waals surface area contributed by atoms with Gasteiger partial charge in [-0.25, -0.2) is 0 Å². The number of hydrogen-bond acceptors (Lipinski definition) is 4. The van der Waals surface area contributed by atoms with Crippen LogP contribution in [0.3, 0.4) is 0 Å². The van der Waals surface area contributed by atoms with E-state index in [0.29, 0.717) is 13.1 Å². The van der Waals surface area contributed by atoms with Crippen molar-refractivity contribution < 1.29 is 27.4 Å². The average molecular weight is 358 g/mol. The molecule has 1 N–H and O–H groups in total. The van der Waals surface area contributed by atoms with Crippen molar-refractivity contribution in [2.75, 3.05) is 20.8 Å². The number of rotatable bonds is 7. The summed E-state index contributed by atoms with van der Waals surface area (Å²) in [4.78, 5) is 0. The van der Waals surface area contributed by atoms with Crippen LogP contribution < -0.4 is 10.1 Å². The molecule has 0 saturated heterocycles. The van der Waals surface area contributed by atoms with Crippen molar-refractivity contribution in [1.29, 1.82) is 0 Å². The first kappa shape index (κ1) is 17.2. The first-order valence-electron chi connectivity index (χ1n) is 5.66. The smallest absolute Gasteiger partial charge is 0.405 e. The fourth-order valence-electron chi connectivity index (χ4n) is 1.46. The zero-order chi connectivity index (χ0) is 15.2. The predicted octanol–water partition coefficient (Wildman–Crippen LogP) is 3.06. The van der Waals surface area contributed by atoms with Crippen molar-refractivity contribution in [1.82, 2.24) is 5.32 Å². The van der Waals surface area contributed by atoms with E-state index in [-0.39, 0.29) is 16.5 Å². The van der Waals surface area contributed by atoms with Gasteiger partial charge in [-0.1, -0.05) is 6.07 Å². The summed E-state index contributed by atoms with van der Waals surface area (Å²) in [5, 5.41) is 3.06. The summed E-state index contributed by atoms with van der Waals surface area (Å²) in [6.07, 6.45) is -5.07. The average Bonchev–Trinajstić information content (AvgIpc) is 2.36. The maximum absolute atomic E-state index is 12.1. The third-order valence-corrected chi connectivity index (χ3v) is 3.01. The maximum Gasteiger partial charge on any atom is 0.573 e. The third-order valence-electron chi connectivity index (χ3n) is 2.39. The number of halogens is 4. The molecule has 0 unspecified atom stereocenters. The molecule has 1 aromatic carbocycles. The molecule has 0 aliphatic heterocycles. The van der Waals surface area contributed by atoms with Crippen molar-refractivity contribution in [2.45, 2.75) is 19.2 Å². The standard InChI is InChI=1S/C12H15BrF3NO3/c1-18-11(19-2)7-17-6-8-3-4-10(9(13)5-8)20-12(14,15)16/h3-5,11,17H,6-7H2,1-2H3. The highest BCUT2D eigenvalue weighted by Gasteiger charge is 2.31. The van der Waals surface area contributed by atoms with Crippen LogP contribution in [0.4, 0.5) is 13.2 Å². The fourth-order valence-corrected chi connectivity index (χ4v) is 1.97. The number of hydrogen-bond donors (Lipinski definition) is 1. The highest BCUT2D eigenvalue weighted by atomic mass is 79.9. The van der Waals surface area contributed by atoms with Crippen LogP contribution in [-0.2, 0) is 16.0 Å². The molecule has 0 fully saturated rings. The minimum atomic E-state index is -4.70. The van der Waals surface area contributed by atoms with E-state index in [1.807, 2.05) is 0 Å². The summed E-state index contributed by atoms with van der Waals surface area (Å²) in [6, 6.07) is 4.37. The Kier molecular flexibility index (Phi) is 6.74. The molecule has 0 saturated carbocycles. The van der Waals surface area contributed by atoms with Crippen molar-refractivity contribution in [3.63, 3.8) is 0 Å². The van der Waals surface area contributed by atoms with Gasteiger partial charge in [0.05, 0.1) is 4.47 Å². The Balaban J connectivity index is 2.55. The minimum absolute atomic E-state index is 0.240. The minimum Gasteiger partial charge on any atom is -0.405 e. The monoisotopic (exact) mass is 357 g/mol. The van der Waals surface area contributed by atoms with E-state index >= 15 is 0 Å². The first-order valence-corrected chi connectivity index (χ1v) is 6.45. The lowest BCUT2D eigenvalue weighted by Gasteiger charge is -2.15. The van der Waals surface area contributed by atoms with Gasteiger partial charge in [0.15, 0.2) is 6.29 Å². The summed E-state index contributed by atoms with van der Waals surface area (Å²) >= 11 is 3.05. The summed E-state index contributed by atoms with van der Waals surface area (Å²) in [7, 11) is 3.05. The number of ether oxygens (including phenoxy) is 3. The van der Waals surface area contributed by atoms with Gasteiger partial charge in [-0.15, -0.1) is 13.2 Å². The van der Waals surface area contributed by atoms with E-state index in [0.717, 1.165) is 5.56 Å². The van der Waals surface area contributed by atoms with E-state index in [1.165, 1.54) is 20.3 Å². The van der Waals surface area contributed by atoms with Crippen molar-refractivity contribution in [3.05, 3.63) is 28.2 Å². The molecule has 8 heteroatoms. The molecule has 0 spiro atoms. The Morgan fingerprint density at radius 3 is 2.40 bits per heavy atom. The molecule has 1 aromatic rings.